The van der Waals surface area contributed by atoms with Crippen LogP contribution >= 0.6 is 0 Å². The number of aromatic nitrogens is 1. The van der Waals surface area contributed by atoms with Crippen LogP contribution in [-0.2, 0) is 11.3 Å². The number of nitrogens with one attached hydrogen (secondary N) is 2. The van der Waals surface area contributed by atoms with E-state index in [9.17, 15) is 4.79 Å². The van der Waals surface area contributed by atoms with Gasteiger partial charge in [0, 0.05) is 31.9 Å². The summed E-state index contributed by atoms with van der Waals surface area (Å²) in [6, 6.07) is 3.72. The van der Waals surface area contributed by atoms with Crippen molar-refractivity contribution in [2.75, 3.05) is 6.54 Å². The third kappa shape index (κ3) is 6.99. The zero-order valence-corrected chi connectivity index (χ0v) is 10.7. The minimum atomic E-state index is -0.0119. The van der Waals surface area contributed by atoms with E-state index in [-0.39, 0.29) is 11.9 Å². The lowest BCUT2D eigenvalue weighted by atomic mass is 10.2. The number of carbonyl (C=O) groups is 1. The monoisotopic (exact) mass is 265 g/mol. The number of guanidine groups is 1. The van der Waals surface area contributed by atoms with Crippen molar-refractivity contribution < 1.29 is 10.0 Å². The Morgan fingerprint density at radius 2 is 2.11 bits per heavy atom. The molecule has 0 fully saturated rings. The van der Waals surface area contributed by atoms with Crippen LogP contribution < -0.4 is 16.5 Å². The number of pyridine rings is 1. The lowest BCUT2D eigenvalue weighted by Crippen LogP contribution is -2.28. The average Bonchev–Trinajstić information content (AvgIpc) is 2.45. The number of hydrogen-bond acceptors (Lipinski definition) is 4. The summed E-state index contributed by atoms with van der Waals surface area (Å²) >= 11 is 0. The quantitative estimate of drug-likeness (QED) is 0.243. The van der Waals surface area contributed by atoms with Gasteiger partial charge in [0.1, 0.15) is 0 Å². The predicted molar refractivity (Wildman–Crippen MR) is 71.3 cm³/mol. The van der Waals surface area contributed by atoms with Gasteiger partial charge in [0.2, 0.25) is 11.9 Å². The molecule has 0 aliphatic carbocycles. The van der Waals surface area contributed by atoms with Gasteiger partial charge in [0.15, 0.2) is 0 Å². The normalized spacial score (nSPS) is 11.1. The Bertz CT molecular complexity index is 408. The van der Waals surface area contributed by atoms with E-state index in [1.54, 1.807) is 17.9 Å². The van der Waals surface area contributed by atoms with Crippen LogP contribution in [0.5, 0.6) is 0 Å². The summed E-state index contributed by atoms with van der Waals surface area (Å²) in [4.78, 5) is 19.3. The number of amides is 1. The van der Waals surface area contributed by atoms with Crippen molar-refractivity contribution in [2.45, 2.75) is 25.8 Å². The summed E-state index contributed by atoms with van der Waals surface area (Å²) < 4.78 is 0. The molecule has 0 aliphatic heterocycles. The average molecular weight is 265 g/mol. The molecule has 5 N–H and O–H groups in total. The summed E-state index contributed by atoms with van der Waals surface area (Å²) in [7, 11) is 0. The van der Waals surface area contributed by atoms with Crippen molar-refractivity contribution in [3.8, 4) is 0 Å². The van der Waals surface area contributed by atoms with E-state index in [1.165, 1.54) is 0 Å². The zero-order valence-electron chi connectivity index (χ0n) is 10.7. The first-order valence-corrected chi connectivity index (χ1v) is 6.08. The van der Waals surface area contributed by atoms with Crippen molar-refractivity contribution in [3.63, 3.8) is 0 Å². The van der Waals surface area contributed by atoms with E-state index in [0.29, 0.717) is 19.5 Å². The molecule has 1 aromatic heterocycles. The summed E-state index contributed by atoms with van der Waals surface area (Å²) in [6.45, 7) is 0.998. The fourth-order valence-corrected chi connectivity index (χ4v) is 1.42. The Balaban J connectivity index is 2.09. The molecule has 0 unspecified atom stereocenters. The van der Waals surface area contributed by atoms with Gasteiger partial charge < -0.3 is 11.1 Å². The van der Waals surface area contributed by atoms with Crippen LogP contribution in [0.4, 0.5) is 0 Å². The predicted octanol–water partition coefficient (Wildman–Crippen LogP) is 0.162. The first kappa shape index (κ1) is 14.9. The van der Waals surface area contributed by atoms with Gasteiger partial charge in [-0.05, 0) is 30.5 Å². The Morgan fingerprint density at radius 3 is 2.79 bits per heavy atom. The van der Waals surface area contributed by atoms with Crippen LogP contribution in [0.2, 0.25) is 0 Å². The lowest BCUT2D eigenvalue weighted by Gasteiger charge is -2.04. The molecule has 0 radical (unpaired) electrons. The standard InChI is InChI=1S/C12H19N5O2/c13-12(17-19)15-6-2-1-3-11(18)16-9-10-4-7-14-8-5-10/h4-5,7-8,19H,1-3,6,9H2,(H,16,18)(H3,13,15,17). The highest BCUT2D eigenvalue weighted by Crippen LogP contribution is 1.98. The minimum absolute atomic E-state index is 0.00838. The van der Waals surface area contributed by atoms with Gasteiger partial charge in [-0.25, -0.2) is 5.48 Å². The summed E-state index contributed by atoms with van der Waals surface area (Å²) in [5.41, 5.74) is 8.00. The first-order chi connectivity index (χ1) is 9.22. The number of rotatable bonds is 7. The lowest BCUT2D eigenvalue weighted by molar-refractivity contribution is -0.121. The maximum absolute atomic E-state index is 11.5. The molecular formula is C12H19N5O2. The molecule has 0 aliphatic rings. The number of unbranched alkanes of at least 4 members (excludes halogenated alkanes) is 1. The molecule has 1 aromatic rings. The van der Waals surface area contributed by atoms with Crippen molar-refractivity contribution in [3.05, 3.63) is 30.1 Å². The molecule has 1 heterocycles. The smallest absolute Gasteiger partial charge is 0.220 e. The summed E-state index contributed by atoms with van der Waals surface area (Å²) in [6.07, 6.45) is 5.31. The molecule has 0 bridgehead atoms. The third-order valence-electron chi connectivity index (χ3n) is 2.45. The van der Waals surface area contributed by atoms with Gasteiger partial charge >= 0.3 is 0 Å². The highest BCUT2D eigenvalue weighted by Gasteiger charge is 2.00. The van der Waals surface area contributed by atoms with Gasteiger partial charge in [-0.1, -0.05) is 0 Å². The van der Waals surface area contributed by atoms with Gasteiger partial charge in [0.25, 0.3) is 0 Å². The maximum atomic E-state index is 11.5. The second-order valence-corrected chi connectivity index (χ2v) is 3.97. The molecular weight excluding hydrogens is 246 g/mol. The van der Waals surface area contributed by atoms with E-state index in [1.807, 2.05) is 12.1 Å². The van der Waals surface area contributed by atoms with E-state index in [2.05, 4.69) is 15.3 Å². The van der Waals surface area contributed by atoms with E-state index in [0.717, 1.165) is 18.4 Å². The van der Waals surface area contributed by atoms with Crippen LogP contribution in [0.3, 0.4) is 0 Å². The molecule has 0 atom stereocenters. The molecule has 19 heavy (non-hydrogen) atoms. The number of nitrogens with two attached hydrogens (primary N) is 1. The number of nitrogens with zero attached hydrogens (tertiary/aromatic N) is 2. The van der Waals surface area contributed by atoms with Crippen molar-refractivity contribution >= 4 is 11.9 Å². The van der Waals surface area contributed by atoms with Crippen molar-refractivity contribution in [2.24, 2.45) is 10.7 Å². The Labute approximate surface area is 111 Å². The van der Waals surface area contributed by atoms with Crippen LogP contribution in [0.15, 0.2) is 29.5 Å². The van der Waals surface area contributed by atoms with E-state index < -0.39 is 0 Å². The van der Waals surface area contributed by atoms with Crippen molar-refractivity contribution in [1.29, 1.82) is 0 Å². The second kappa shape index (κ2) is 8.87. The fourth-order valence-electron chi connectivity index (χ4n) is 1.42. The van der Waals surface area contributed by atoms with E-state index >= 15 is 0 Å². The Kier molecular flexibility index (Phi) is 6.96. The number of carbonyl (C=O) groups excluding carboxylic acids is 1. The van der Waals surface area contributed by atoms with E-state index in [4.69, 9.17) is 10.9 Å². The highest BCUT2D eigenvalue weighted by atomic mass is 16.5. The Hall–Kier alpha value is -2.15. The fraction of sp³-hybridized carbons (Fsp3) is 0.417. The van der Waals surface area contributed by atoms with Crippen LogP contribution in [0.1, 0.15) is 24.8 Å². The topological polar surface area (TPSA) is 113 Å². The molecule has 0 saturated carbocycles. The second-order valence-electron chi connectivity index (χ2n) is 3.97. The molecule has 104 valence electrons. The Morgan fingerprint density at radius 1 is 1.37 bits per heavy atom. The molecule has 1 amide bonds. The van der Waals surface area contributed by atoms with Crippen molar-refractivity contribution in [1.82, 2.24) is 15.8 Å². The van der Waals surface area contributed by atoms with Crippen LogP contribution in [0.25, 0.3) is 0 Å². The van der Waals surface area contributed by atoms with Gasteiger partial charge in [-0.2, -0.15) is 0 Å². The van der Waals surface area contributed by atoms with Crippen LogP contribution in [0, 0.1) is 0 Å². The van der Waals surface area contributed by atoms with Gasteiger partial charge in [-0.3, -0.25) is 20.0 Å². The van der Waals surface area contributed by atoms with Gasteiger partial charge in [-0.15, -0.1) is 0 Å². The molecule has 0 saturated heterocycles. The molecule has 7 heteroatoms. The summed E-state index contributed by atoms with van der Waals surface area (Å²) in [5, 5.41) is 11.2. The number of hydroxylamine groups is 1. The molecule has 1 rings (SSSR count). The first-order valence-electron chi connectivity index (χ1n) is 6.08. The third-order valence-corrected chi connectivity index (χ3v) is 2.45. The molecule has 7 nitrogen and oxygen atoms in total. The largest absolute Gasteiger partial charge is 0.368 e. The molecule has 0 aromatic carbocycles. The number of hydrogen-bond donors (Lipinski definition) is 4. The maximum Gasteiger partial charge on any atom is 0.220 e. The van der Waals surface area contributed by atoms with Gasteiger partial charge in [0.05, 0.1) is 0 Å². The zero-order chi connectivity index (χ0) is 13.9. The highest BCUT2D eigenvalue weighted by molar-refractivity contribution is 5.76. The minimum Gasteiger partial charge on any atom is -0.368 e. The number of aliphatic imine (C=N–C) groups is 1. The van der Waals surface area contributed by atoms with Crippen LogP contribution in [-0.4, -0.2) is 28.6 Å². The summed E-state index contributed by atoms with van der Waals surface area (Å²) in [5.74, 6) is -0.00353. The SMILES string of the molecule is NC(=NCCCCC(=O)NCc1ccncc1)NO. The molecule has 0 spiro atoms.